The second-order valence-electron chi connectivity index (χ2n) is 8.72. The Morgan fingerprint density at radius 3 is 2.48 bits per heavy atom. The van der Waals surface area contributed by atoms with Crippen LogP contribution in [0.4, 0.5) is 0 Å². The summed E-state index contributed by atoms with van der Waals surface area (Å²) in [5, 5.41) is 4.32. The second-order valence-corrected chi connectivity index (χ2v) is 8.72. The van der Waals surface area contributed by atoms with E-state index in [4.69, 9.17) is 0 Å². The summed E-state index contributed by atoms with van der Waals surface area (Å²) in [6.45, 7) is 7.99. The van der Waals surface area contributed by atoms with Crippen molar-refractivity contribution in [1.82, 2.24) is 19.6 Å². The summed E-state index contributed by atoms with van der Waals surface area (Å²) in [5.41, 5.74) is 4.35. The van der Waals surface area contributed by atoms with Crippen LogP contribution < -0.4 is 0 Å². The summed E-state index contributed by atoms with van der Waals surface area (Å²) in [6.07, 6.45) is 2.31. The first kappa shape index (κ1) is 22.8. The Kier molecular flexibility index (Phi) is 6.92. The number of rotatable bonds is 6. The first-order chi connectivity index (χ1) is 16.0. The minimum absolute atomic E-state index is 0.00824. The van der Waals surface area contributed by atoms with Crippen LogP contribution in [0.3, 0.4) is 0 Å². The van der Waals surface area contributed by atoms with Crippen molar-refractivity contribution >= 4 is 11.8 Å². The number of aryl methyl sites for hydroxylation is 1. The smallest absolute Gasteiger partial charge is 0.247 e. The Morgan fingerprint density at radius 2 is 1.79 bits per heavy atom. The fourth-order valence-electron chi connectivity index (χ4n) is 4.73. The molecule has 0 saturated carbocycles. The predicted octanol–water partition coefficient (Wildman–Crippen LogP) is 3.97. The van der Waals surface area contributed by atoms with Crippen molar-refractivity contribution in [2.45, 2.75) is 33.2 Å². The Labute approximate surface area is 195 Å². The second kappa shape index (κ2) is 10.0. The summed E-state index contributed by atoms with van der Waals surface area (Å²) in [5.74, 6) is -0.153. The molecule has 1 aliphatic rings. The van der Waals surface area contributed by atoms with E-state index < -0.39 is 6.04 Å². The molecular formula is C27H32N4O2. The molecule has 1 aliphatic heterocycles. The molecule has 2 amide bonds. The van der Waals surface area contributed by atoms with Gasteiger partial charge in [-0.3, -0.25) is 14.3 Å². The van der Waals surface area contributed by atoms with Gasteiger partial charge in [0.05, 0.1) is 5.92 Å². The number of amides is 2. The molecule has 2 atom stereocenters. The summed E-state index contributed by atoms with van der Waals surface area (Å²) < 4.78 is 1.76. The van der Waals surface area contributed by atoms with Gasteiger partial charge in [0, 0.05) is 38.1 Å². The Hall–Kier alpha value is -3.41. The van der Waals surface area contributed by atoms with Crippen LogP contribution in [0.1, 0.15) is 31.1 Å². The van der Waals surface area contributed by atoms with Gasteiger partial charge in [-0.05, 0) is 49.9 Å². The van der Waals surface area contributed by atoms with Crippen LogP contribution in [-0.4, -0.2) is 57.6 Å². The zero-order valence-electron chi connectivity index (χ0n) is 19.6. The summed E-state index contributed by atoms with van der Waals surface area (Å²) >= 11 is 0. The lowest BCUT2D eigenvalue weighted by Gasteiger charge is -2.27. The standard InChI is InChI=1S/C27H32N4O2/c1-4-29-16-17-30(26(32)21(3)31-20(2)14-15-28-31)19-24(27(29)33)18-23-12-8-9-13-25(23)22-10-6-5-7-11-22/h5-15,21,24H,4,16-19H2,1-3H3/t21-,24+/m1/s1. The number of aromatic nitrogens is 2. The number of benzene rings is 2. The first-order valence-electron chi connectivity index (χ1n) is 11.7. The molecular weight excluding hydrogens is 412 g/mol. The van der Waals surface area contributed by atoms with Crippen molar-refractivity contribution in [3.63, 3.8) is 0 Å². The van der Waals surface area contributed by atoms with Gasteiger partial charge in [0.1, 0.15) is 6.04 Å². The first-order valence-corrected chi connectivity index (χ1v) is 11.7. The van der Waals surface area contributed by atoms with Gasteiger partial charge in [-0.15, -0.1) is 0 Å². The van der Waals surface area contributed by atoms with Gasteiger partial charge in [-0.25, -0.2) is 0 Å². The molecule has 1 aromatic heterocycles. The molecule has 0 aliphatic carbocycles. The maximum atomic E-state index is 13.4. The summed E-state index contributed by atoms with van der Waals surface area (Å²) in [7, 11) is 0. The molecule has 4 rings (SSSR count). The zero-order chi connectivity index (χ0) is 23.4. The number of likely N-dealkylation sites (N-methyl/N-ethyl adjacent to an activating group) is 1. The SMILES string of the molecule is CCN1CCN(C(=O)[C@@H](C)n2nccc2C)C[C@H](Cc2ccccc2-c2ccccc2)C1=O. The van der Waals surface area contributed by atoms with Crippen LogP contribution in [-0.2, 0) is 16.0 Å². The average molecular weight is 445 g/mol. The molecule has 6 heteroatoms. The van der Waals surface area contributed by atoms with Gasteiger partial charge < -0.3 is 9.80 Å². The van der Waals surface area contributed by atoms with Gasteiger partial charge in [0.15, 0.2) is 0 Å². The van der Waals surface area contributed by atoms with Crippen LogP contribution >= 0.6 is 0 Å². The van der Waals surface area contributed by atoms with E-state index in [1.165, 1.54) is 0 Å². The third-order valence-corrected chi connectivity index (χ3v) is 6.60. The van der Waals surface area contributed by atoms with Crippen LogP contribution in [0.2, 0.25) is 0 Å². The molecule has 0 radical (unpaired) electrons. The third-order valence-electron chi connectivity index (χ3n) is 6.60. The molecule has 0 N–H and O–H groups in total. The summed E-state index contributed by atoms with van der Waals surface area (Å²) in [6, 6.07) is 20.0. The quantitative estimate of drug-likeness (QED) is 0.578. The van der Waals surface area contributed by atoms with Gasteiger partial charge in [0.25, 0.3) is 0 Å². The van der Waals surface area contributed by atoms with E-state index in [-0.39, 0.29) is 17.7 Å². The lowest BCUT2D eigenvalue weighted by atomic mass is 9.91. The fourth-order valence-corrected chi connectivity index (χ4v) is 4.73. The van der Waals surface area contributed by atoms with Gasteiger partial charge in [-0.2, -0.15) is 5.10 Å². The Balaban J connectivity index is 1.61. The minimum Gasteiger partial charge on any atom is -0.341 e. The highest BCUT2D eigenvalue weighted by molar-refractivity contribution is 5.84. The van der Waals surface area contributed by atoms with E-state index in [1.54, 1.807) is 10.9 Å². The highest BCUT2D eigenvalue weighted by Crippen LogP contribution is 2.27. The highest BCUT2D eigenvalue weighted by Gasteiger charge is 2.34. The van der Waals surface area contributed by atoms with Crippen molar-refractivity contribution in [3.8, 4) is 11.1 Å². The Morgan fingerprint density at radius 1 is 1.06 bits per heavy atom. The van der Waals surface area contributed by atoms with Crippen molar-refractivity contribution in [1.29, 1.82) is 0 Å². The largest absolute Gasteiger partial charge is 0.341 e. The topological polar surface area (TPSA) is 58.4 Å². The molecule has 172 valence electrons. The van der Waals surface area contributed by atoms with Crippen LogP contribution in [0.15, 0.2) is 66.9 Å². The van der Waals surface area contributed by atoms with Gasteiger partial charge >= 0.3 is 0 Å². The van der Waals surface area contributed by atoms with E-state index in [2.05, 4.69) is 29.4 Å². The molecule has 0 unspecified atom stereocenters. The number of hydrogen-bond acceptors (Lipinski definition) is 3. The van der Waals surface area contributed by atoms with Gasteiger partial charge in [0.2, 0.25) is 11.8 Å². The van der Waals surface area contributed by atoms with Gasteiger partial charge in [-0.1, -0.05) is 54.6 Å². The van der Waals surface area contributed by atoms with Crippen molar-refractivity contribution in [2.75, 3.05) is 26.2 Å². The predicted molar refractivity (Wildman–Crippen MR) is 130 cm³/mol. The fraction of sp³-hybridized carbons (Fsp3) is 0.370. The number of hydrogen-bond donors (Lipinski definition) is 0. The third kappa shape index (κ3) is 4.85. The van der Waals surface area contributed by atoms with E-state index in [9.17, 15) is 9.59 Å². The normalized spacial score (nSPS) is 17.7. The zero-order valence-corrected chi connectivity index (χ0v) is 19.6. The van der Waals surface area contributed by atoms with E-state index in [0.717, 1.165) is 22.4 Å². The molecule has 3 aromatic rings. The van der Waals surface area contributed by atoms with E-state index in [0.29, 0.717) is 32.6 Å². The Bertz CT molecular complexity index is 1110. The van der Waals surface area contributed by atoms with Crippen molar-refractivity contribution in [2.24, 2.45) is 5.92 Å². The molecule has 2 aromatic carbocycles. The molecule has 1 fully saturated rings. The van der Waals surface area contributed by atoms with Crippen LogP contribution in [0, 0.1) is 12.8 Å². The van der Waals surface area contributed by atoms with Crippen LogP contribution in [0.5, 0.6) is 0 Å². The number of carbonyl (C=O) groups excluding carboxylic acids is 2. The highest BCUT2D eigenvalue weighted by atomic mass is 16.2. The molecule has 0 spiro atoms. The summed E-state index contributed by atoms with van der Waals surface area (Å²) in [4.78, 5) is 30.6. The van der Waals surface area contributed by atoms with E-state index >= 15 is 0 Å². The molecule has 1 saturated heterocycles. The molecule has 6 nitrogen and oxygen atoms in total. The number of nitrogens with zero attached hydrogens (tertiary/aromatic N) is 4. The van der Waals surface area contributed by atoms with Crippen molar-refractivity contribution in [3.05, 3.63) is 78.1 Å². The average Bonchev–Trinajstić information content (AvgIpc) is 3.21. The maximum Gasteiger partial charge on any atom is 0.247 e. The number of carbonyl (C=O) groups is 2. The minimum atomic E-state index is -0.402. The van der Waals surface area contributed by atoms with Crippen LogP contribution in [0.25, 0.3) is 11.1 Å². The van der Waals surface area contributed by atoms with Crippen molar-refractivity contribution < 1.29 is 9.59 Å². The lowest BCUT2D eigenvalue weighted by molar-refractivity contribution is -0.136. The maximum absolute atomic E-state index is 13.4. The molecule has 0 bridgehead atoms. The lowest BCUT2D eigenvalue weighted by Crippen LogP contribution is -2.41. The van der Waals surface area contributed by atoms with E-state index in [1.807, 2.05) is 67.0 Å². The monoisotopic (exact) mass is 444 g/mol. The molecule has 33 heavy (non-hydrogen) atoms. The molecule has 2 heterocycles.